The van der Waals surface area contributed by atoms with Crippen LogP contribution in [0, 0.1) is 11.6 Å². The zero-order chi connectivity index (χ0) is 14.1. The summed E-state index contributed by atoms with van der Waals surface area (Å²) in [4.78, 5) is 5.36. The monoisotopic (exact) mass is 293 g/mol. The van der Waals surface area contributed by atoms with Crippen LogP contribution in [0.5, 0.6) is 0 Å². The molecule has 3 aromatic rings. The average molecular weight is 293 g/mol. The number of aromatic nitrogens is 2. The van der Waals surface area contributed by atoms with E-state index in [2.05, 4.69) is 10.3 Å². The Labute approximate surface area is 118 Å². The summed E-state index contributed by atoms with van der Waals surface area (Å²) in [7, 11) is 1.73. The molecule has 0 spiro atoms. The summed E-state index contributed by atoms with van der Waals surface area (Å²) >= 11 is 1.54. The number of rotatable bonds is 4. The number of hydrogen-bond acceptors (Lipinski definition) is 3. The molecule has 0 aliphatic rings. The molecular weight excluding hydrogens is 280 g/mol. The highest BCUT2D eigenvalue weighted by Gasteiger charge is 2.18. The summed E-state index contributed by atoms with van der Waals surface area (Å²) in [6.07, 6.45) is 4.34. The van der Waals surface area contributed by atoms with E-state index in [1.807, 2.05) is 22.2 Å². The standard InChI is InChI=1S/C14H13F2N3S/c1-17-12(10-3-2-4-11(15)13(10)16)7-9-8-19-5-6-20-14(19)18-9/h2-6,8,12,17H,7H2,1H3. The van der Waals surface area contributed by atoms with Gasteiger partial charge in [0.15, 0.2) is 16.6 Å². The minimum absolute atomic E-state index is 0.310. The van der Waals surface area contributed by atoms with Crippen LogP contribution in [-0.4, -0.2) is 16.4 Å². The first-order chi connectivity index (χ1) is 9.69. The lowest BCUT2D eigenvalue weighted by atomic mass is 10.0. The molecule has 0 radical (unpaired) electrons. The molecule has 1 unspecified atom stereocenters. The molecule has 6 heteroatoms. The van der Waals surface area contributed by atoms with E-state index in [0.717, 1.165) is 16.7 Å². The molecular formula is C14H13F2N3S. The predicted molar refractivity (Wildman–Crippen MR) is 74.9 cm³/mol. The fourth-order valence-electron chi connectivity index (χ4n) is 2.24. The summed E-state index contributed by atoms with van der Waals surface area (Å²) < 4.78 is 29.1. The maximum absolute atomic E-state index is 13.8. The van der Waals surface area contributed by atoms with Gasteiger partial charge < -0.3 is 5.32 Å². The molecule has 1 N–H and O–H groups in total. The zero-order valence-corrected chi connectivity index (χ0v) is 11.6. The molecule has 0 fully saturated rings. The number of nitrogens with zero attached hydrogens (tertiary/aromatic N) is 2. The Morgan fingerprint density at radius 2 is 2.25 bits per heavy atom. The highest BCUT2D eigenvalue weighted by molar-refractivity contribution is 7.15. The maximum Gasteiger partial charge on any atom is 0.193 e. The van der Waals surface area contributed by atoms with Crippen LogP contribution in [0.3, 0.4) is 0 Å². The molecule has 3 nitrogen and oxygen atoms in total. The highest BCUT2D eigenvalue weighted by Crippen LogP contribution is 2.23. The molecule has 0 saturated carbocycles. The molecule has 0 aliphatic heterocycles. The van der Waals surface area contributed by atoms with Crippen LogP contribution in [0.4, 0.5) is 8.78 Å². The Bertz CT molecular complexity index is 706. The van der Waals surface area contributed by atoms with Crippen LogP contribution in [-0.2, 0) is 6.42 Å². The Balaban J connectivity index is 1.90. The normalized spacial score (nSPS) is 12.9. The second-order valence-electron chi connectivity index (χ2n) is 4.51. The van der Waals surface area contributed by atoms with Gasteiger partial charge in [0.2, 0.25) is 0 Å². The van der Waals surface area contributed by atoms with Crippen molar-refractivity contribution >= 4 is 16.3 Å². The molecule has 2 aromatic heterocycles. The minimum Gasteiger partial charge on any atom is -0.313 e. The minimum atomic E-state index is -0.825. The van der Waals surface area contributed by atoms with Crippen molar-refractivity contribution in [1.29, 1.82) is 0 Å². The third kappa shape index (κ3) is 2.32. The number of hydrogen-bond donors (Lipinski definition) is 1. The molecule has 0 aliphatic carbocycles. The molecule has 0 bridgehead atoms. The molecule has 0 amide bonds. The average Bonchev–Trinajstić information content (AvgIpc) is 3.00. The first-order valence-corrected chi connectivity index (χ1v) is 7.09. The van der Waals surface area contributed by atoms with Crippen LogP contribution in [0.15, 0.2) is 36.0 Å². The van der Waals surface area contributed by atoms with E-state index in [1.54, 1.807) is 24.5 Å². The number of benzene rings is 1. The van der Waals surface area contributed by atoms with Crippen LogP contribution in [0.2, 0.25) is 0 Å². The maximum atomic E-state index is 13.8. The van der Waals surface area contributed by atoms with Gasteiger partial charge >= 0.3 is 0 Å². The zero-order valence-electron chi connectivity index (χ0n) is 10.8. The lowest BCUT2D eigenvalue weighted by Crippen LogP contribution is -2.20. The van der Waals surface area contributed by atoms with E-state index in [0.29, 0.717) is 12.0 Å². The van der Waals surface area contributed by atoms with Crippen molar-refractivity contribution in [1.82, 2.24) is 14.7 Å². The van der Waals surface area contributed by atoms with Gasteiger partial charge in [-0.1, -0.05) is 12.1 Å². The van der Waals surface area contributed by atoms with Crippen molar-refractivity contribution in [3.8, 4) is 0 Å². The highest BCUT2D eigenvalue weighted by atomic mass is 32.1. The van der Waals surface area contributed by atoms with Crippen LogP contribution in [0.25, 0.3) is 4.96 Å². The Morgan fingerprint density at radius 1 is 1.40 bits per heavy atom. The SMILES string of the molecule is CNC(Cc1cn2ccsc2n1)c1cccc(F)c1F. The number of thiazole rings is 1. The lowest BCUT2D eigenvalue weighted by Gasteiger charge is -2.16. The first-order valence-electron chi connectivity index (χ1n) is 6.21. The van der Waals surface area contributed by atoms with Crippen molar-refractivity contribution in [3.63, 3.8) is 0 Å². The molecule has 2 heterocycles. The predicted octanol–water partition coefficient (Wildman–Crippen LogP) is 3.18. The Hall–Kier alpha value is -1.79. The van der Waals surface area contributed by atoms with Crippen molar-refractivity contribution < 1.29 is 8.78 Å². The van der Waals surface area contributed by atoms with Gasteiger partial charge in [0.05, 0.1) is 5.69 Å². The summed E-state index contributed by atoms with van der Waals surface area (Å²) in [6, 6.07) is 3.93. The number of likely N-dealkylation sites (N-methyl/N-ethyl adjacent to an activating group) is 1. The largest absolute Gasteiger partial charge is 0.313 e. The van der Waals surface area contributed by atoms with Gasteiger partial charge in [0.1, 0.15) is 0 Å². The van der Waals surface area contributed by atoms with Gasteiger partial charge in [-0.15, -0.1) is 11.3 Å². The molecule has 3 rings (SSSR count). The second kappa shape index (κ2) is 5.30. The van der Waals surface area contributed by atoms with E-state index in [4.69, 9.17) is 0 Å². The topological polar surface area (TPSA) is 29.3 Å². The lowest BCUT2D eigenvalue weighted by molar-refractivity contribution is 0.472. The summed E-state index contributed by atoms with van der Waals surface area (Å²) in [5.41, 5.74) is 1.17. The molecule has 20 heavy (non-hydrogen) atoms. The van der Waals surface area contributed by atoms with Crippen molar-refractivity contribution in [2.24, 2.45) is 0 Å². The van der Waals surface area contributed by atoms with Gasteiger partial charge in [0, 0.05) is 35.8 Å². The third-order valence-corrected chi connectivity index (χ3v) is 4.03. The Morgan fingerprint density at radius 3 is 3.00 bits per heavy atom. The first kappa shape index (κ1) is 13.2. The van der Waals surface area contributed by atoms with Crippen molar-refractivity contribution in [2.75, 3.05) is 7.05 Å². The van der Waals surface area contributed by atoms with E-state index < -0.39 is 11.6 Å². The van der Waals surface area contributed by atoms with E-state index >= 15 is 0 Å². The fraction of sp³-hybridized carbons (Fsp3) is 0.214. The summed E-state index contributed by atoms with van der Waals surface area (Å²) in [5, 5.41) is 4.97. The van der Waals surface area contributed by atoms with Gasteiger partial charge in [-0.2, -0.15) is 0 Å². The van der Waals surface area contributed by atoms with E-state index in [-0.39, 0.29) is 6.04 Å². The quantitative estimate of drug-likeness (QED) is 0.800. The molecule has 1 atom stereocenters. The van der Waals surface area contributed by atoms with Gasteiger partial charge in [0.25, 0.3) is 0 Å². The molecule has 104 valence electrons. The smallest absolute Gasteiger partial charge is 0.193 e. The number of fused-ring (bicyclic) bond motifs is 1. The van der Waals surface area contributed by atoms with Gasteiger partial charge in [-0.3, -0.25) is 4.40 Å². The number of nitrogens with one attached hydrogen (secondary N) is 1. The molecule has 0 saturated heterocycles. The van der Waals surface area contributed by atoms with E-state index in [9.17, 15) is 8.78 Å². The second-order valence-corrected chi connectivity index (χ2v) is 5.39. The fourth-order valence-corrected chi connectivity index (χ4v) is 2.96. The Kier molecular flexibility index (Phi) is 3.50. The van der Waals surface area contributed by atoms with Crippen LogP contribution >= 0.6 is 11.3 Å². The number of imidazole rings is 1. The van der Waals surface area contributed by atoms with Crippen LogP contribution in [0.1, 0.15) is 17.3 Å². The van der Waals surface area contributed by atoms with E-state index in [1.165, 1.54) is 6.07 Å². The summed E-state index contributed by atoms with van der Waals surface area (Å²) in [6.45, 7) is 0. The van der Waals surface area contributed by atoms with Crippen LogP contribution < -0.4 is 5.32 Å². The van der Waals surface area contributed by atoms with Crippen molar-refractivity contribution in [3.05, 3.63) is 58.9 Å². The van der Waals surface area contributed by atoms with Gasteiger partial charge in [-0.05, 0) is 13.1 Å². The third-order valence-electron chi connectivity index (χ3n) is 3.26. The summed E-state index contributed by atoms with van der Waals surface area (Å²) in [5.74, 6) is -1.62. The molecule has 1 aromatic carbocycles. The van der Waals surface area contributed by atoms with Crippen molar-refractivity contribution in [2.45, 2.75) is 12.5 Å². The van der Waals surface area contributed by atoms with Gasteiger partial charge in [-0.25, -0.2) is 13.8 Å². The number of halogens is 2.